The Morgan fingerprint density at radius 3 is 2.68 bits per heavy atom. The predicted molar refractivity (Wildman–Crippen MR) is 103 cm³/mol. The van der Waals surface area contributed by atoms with Crippen LogP contribution in [0.4, 0.5) is 17.2 Å². The molecular weight excluding hydrogens is 362 g/mol. The number of hydrazone groups is 1. The van der Waals surface area contributed by atoms with Gasteiger partial charge < -0.3 is 4.74 Å². The Labute approximate surface area is 159 Å². The van der Waals surface area contributed by atoms with Crippen molar-refractivity contribution >= 4 is 23.0 Å². The topological polar surface area (TPSA) is 127 Å². The maximum Gasteiger partial charge on any atom is 0.274 e. The van der Waals surface area contributed by atoms with Crippen molar-refractivity contribution < 1.29 is 9.66 Å². The van der Waals surface area contributed by atoms with Gasteiger partial charge in [0.1, 0.15) is 5.75 Å². The number of azo groups is 1. The number of rotatable bonds is 6. The number of pyridine rings is 2. The van der Waals surface area contributed by atoms with Gasteiger partial charge in [-0.3, -0.25) is 20.5 Å². The maximum atomic E-state index is 10.9. The molecule has 1 aromatic carbocycles. The zero-order chi connectivity index (χ0) is 19.8. The number of amidine groups is 1. The summed E-state index contributed by atoms with van der Waals surface area (Å²) in [7, 11) is 1.59. The molecule has 0 aliphatic heterocycles. The van der Waals surface area contributed by atoms with Gasteiger partial charge >= 0.3 is 0 Å². The third-order valence-electron chi connectivity index (χ3n) is 3.49. The summed E-state index contributed by atoms with van der Waals surface area (Å²) in [6.07, 6.45) is 4.49. The van der Waals surface area contributed by atoms with E-state index in [1.54, 1.807) is 55.9 Å². The lowest BCUT2D eigenvalue weighted by Gasteiger charge is -2.04. The van der Waals surface area contributed by atoms with E-state index in [0.717, 1.165) is 5.75 Å². The Kier molecular flexibility index (Phi) is 5.93. The van der Waals surface area contributed by atoms with Crippen LogP contribution in [0.25, 0.3) is 0 Å². The summed E-state index contributed by atoms with van der Waals surface area (Å²) in [5.74, 6) is 1.05. The SMILES string of the molecule is COc1ccc(NN=C(N=Nc2cc([N+](=O)[O-])ccn2)c2cccnc2)cc1. The molecule has 140 valence electrons. The number of nitrogens with zero attached hydrogens (tertiary/aromatic N) is 6. The quantitative estimate of drug-likeness (QED) is 0.228. The molecule has 0 aliphatic rings. The highest BCUT2D eigenvalue weighted by Crippen LogP contribution is 2.18. The van der Waals surface area contributed by atoms with Gasteiger partial charge in [0.2, 0.25) is 5.84 Å². The Bertz CT molecular complexity index is 1010. The van der Waals surface area contributed by atoms with Crippen molar-refractivity contribution in [1.29, 1.82) is 0 Å². The molecule has 2 heterocycles. The Hall–Kier alpha value is -4.21. The first-order valence-electron chi connectivity index (χ1n) is 8.06. The second-order valence-electron chi connectivity index (χ2n) is 5.35. The number of anilines is 1. The first-order chi connectivity index (χ1) is 13.7. The van der Waals surface area contributed by atoms with E-state index in [2.05, 4.69) is 30.7 Å². The lowest BCUT2D eigenvalue weighted by molar-refractivity contribution is -0.384. The Morgan fingerprint density at radius 1 is 1.18 bits per heavy atom. The lowest BCUT2D eigenvalue weighted by Crippen LogP contribution is -2.01. The lowest BCUT2D eigenvalue weighted by atomic mass is 10.3. The van der Waals surface area contributed by atoms with E-state index in [-0.39, 0.29) is 17.3 Å². The van der Waals surface area contributed by atoms with Crippen LogP contribution < -0.4 is 10.2 Å². The van der Waals surface area contributed by atoms with Crippen LogP contribution in [0.2, 0.25) is 0 Å². The van der Waals surface area contributed by atoms with Crippen LogP contribution in [0.5, 0.6) is 5.75 Å². The zero-order valence-corrected chi connectivity index (χ0v) is 14.8. The average Bonchev–Trinajstić information content (AvgIpc) is 2.75. The molecule has 10 heteroatoms. The fraction of sp³-hybridized carbons (Fsp3) is 0.0556. The molecule has 3 aromatic rings. The number of ether oxygens (including phenoxy) is 1. The van der Waals surface area contributed by atoms with Crippen LogP contribution in [0.3, 0.4) is 0 Å². The normalized spacial score (nSPS) is 11.4. The molecule has 28 heavy (non-hydrogen) atoms. The average molecular weight is 377 g/mol. The van der Waals surface area contributed by atoms with Gasteiger partial charge in [0, 0.05) is 30.2 Å². The minimum atomic E-state index is -0.526. The van der Waals surface area contributed by atoms with E-state index in [9.17, 15) is 10.1 Å². The highest BCUT2D eigenvalue weighted by molar-refractivity contribution is 5.99. The molecule has 0 amide bonds. The number of hydrogen-bond acceptors (Lipinski definition) is 8. The van der Waals surface area contributed by atoms with Gasteiger partial charge in [0.05, 0.1) is 23.8 Å². The predicted octanol–water partition coefficient (Wildman–Crippen LogP) is 3.95. The zero-order valence-electron chi connectivity index (χ0n) is 14.8. The smallest absolute Gasteiger partial charge is 0.274 e. The summed E-state index contributed by atoms with van der Waals surface area (Å²) in [5, 5.41) is 23.2. The molecule has 0 atom stereocenters. The van der Waals surface area contributed by atoms with Crippen LogP contribution in [0.15, 0.2) is 82.5 Å². The second-order valence-corrected chi connectivity index (χ2v) is 5.35. The minimum absolute atomic E-state index is 0.0928. The minimum Gasteiger partial charge on any atom is -0.497 e. The summed E-state index contributed by atoms with van der Waals surface area (Å²) in [6, 6.07) is 13.2. The highest BCUT2D eigenvalue weighted by Gasteiger charge is 2.07. The molecule has 0 aliphatic carbocycles. The van der Waals surface area contributed by atoms with Crippen molar-refractivity contribution in [1.82, 2.24) is 9.97 Å². The van der Waals surface area contributed by atoms with Crippen molar-refractivity contribution in [3.8, 4) is 5.75 Å². The van der Waals surface area contributed by atoms with Gasteiger partial charge in [-0.05, 0) is 36.4 Å². The molecule has 1 N–H and O–H groups in total. The van der Waals surface area contributed by atoms with Crippen molar-refractivity contribution in [3.05, 3.63) is 82.8 Å². The number of nitro groups is 1. The van der Waals surface area contributed by atoms with Crippen LogP contribution in [-0.2, 0) is 0 Å². The Balaban J connectivity index is 1.86. The van der Waals surface area contributed by atoms with Gasteiger partial charge in [-0.2, -0.15) is 5.10 Å². The fourth-order valence-corrected chi connectivity index (χ4v) is 2.10. The van der Waals surface area contributed by atoms with Gasteiger partial charge in [0.25, 0.3) is 5.69 Å². The molecule has 0 bridgehead atoms. The number of benzene rings is 1. The molecule has 0 saturated carbocycles. The molecule has 0 fully saturated rings. The van der Waals surface area contributed by atoms with E-state index in [1.807, 2.05) is 0 Å². The second kappa shape index (κ2) is 8.94. The first kappa shape index (κ1) is 18.6. The van der Waals surface area contributed by atoms with Crippen molar-refractivity contribution in [2.75, 3.05) is 12.5 Å². The number of nitrogens with one attached hydrogen (secondary N) is 1. The summed E-state index contributed by atoms with van der Waals surface area (Å²) in [5.41, 5.74) is 4.08. The monoisotopic (exact) mass is 377 g/mol. The van der Waals surface area contributed by atoms with Gasteiger partial charge in [-0.15, -0.1) is 10.2 Å². The van der Waals surface area contributed by atoms with E-state index >= 15 is 0 Å². The Morgan fingerprint density at radius 2 is 2.00 bits per heavy atom. The number of hydrogen-bond donors (Lipinski definition) is 1. The maximum absolute atomic E-state index is 10.9. The van der Waals surface area contributed by atoms with Crippen molar-refractivity contribution in [2.45, 2.75) is 0 Å². The van der Waals surface area contributed by atoms with E-state index in [4.69, 9.17) is 4.74 Å². The van der Waals surface area contributed by atoms with Crippen LogP contribution >= 0.6 is 0 Å². The molecule has 3 rings (SSSR count). The van der Waals surface area contributed by atoms with Crippen LogP contribution in [0.1, 0.15) is 5.56 Å². The van der Waals surface area contributed by atoms with Crippen LogP contribution in [-0.4, -0.2) is 27.8 Å². The third-order valence-corrected chi connectivity index (χ3v) is 3.49. The van der Waals surface area contributed by atoms with E-state index in [0.29, 0.717) is 11.3 Å². The van der Waals surface area contributed by atoms with E-state index in [1.165, 1.54) is 18.3 Å². The largest absolute Gasteiger partial charge is 0.497 e. The van der Waals surface area contributed by atoms with Gasteiger partial charge in [-0.1, -0.05) is 0 Å². The van der Waals surface area contributed by atoms with Crippen LogP contribution in [0, 0.1) is 10.1 Å². The first-order valence-corrected chi connectivity index (χ1v) is 8.06. The molecular formula is C18H15N7O3. The molecule has 10 nitrogen and oxygen atoms in total. The third kappa shape index (κ3) is 4.91. The molecule has 0 saturated heterocycles. The number of aromatic nitrogens is 2. The van der Waals surface area contributed by atoms with Crippen molar-refractivity contribution in [2.24, 2.45) is 15.3 Å². The summed E-state index contributed by atoms with van der Waals surface area (Å²) in [4.78, 5) is 18.3. The fourth-order valence-electron chi connectivity index (χ4n) is 2.10. The summed E-state index contributed by atoms with van der Waals surface area (Å²) in [6.45, 7) is 0. The molecule has 0 radical (unpaired) electrons. The summed E-state index contributed by atoms with van der Waals surface area (Å²) < 4.78 is 5.12. The summed E-state index contributed by atoms with van der Waals surface area (Å²) >= 11 is 0. The molecule has 2 aromatic heterocycles. The molecule has 0 spiro atoms. The number of methoxy groups -OCH3 is 1. The highest BCUT2D eigenvalue weighted by atomic mass is 16.6. The standard InChI is InChI=1S/C18H15N7O3/c1-28-16-6-4-14(5-7-16)21-23-18(13-3-2-9-19-12-13)24-22-17-11-15(25(26)27)8-10-20-17/h2-12,21H,1H3. The molecule has 0 unspecified atom stereocenters. The van der Waals surface area contributed by atoms with Gasteiger partial charge in [0.15, 0.2) is 5.82 Å². The van der Waals surface area contributed by atoms with E-state index < -0.39 is 4.92 Å². The van der Waals surface area contributed by atoms with Crippen molar-refractivity contribution in [3.63, 3.8) is 0 Å². The van der Waals surface area contributed by atoms with Gasteiger partial charge in [-0.25, -0.2) is 4.98 Å².